The van der Waals surface area contributed by atoms with E-state index in [1.165, 1.54) is 17.4 Å². The van der Waals surface area contributed by atoms with E-state index in [1.807, 2.05) is 24.3 Å². The quantitative estimate of drug-likeness (QED) is 0.336. The van der Waals surface area contributed by atoms with Crippen molar-refractivity contribution in [1.29, 1.82) is 0 Å². The molecule has 1 aromatic carbocycles. The second-order valence-electron chi connectivity index (χ2n) is 13.3. The maximum absolute atomic E-state index is 12.8. The minimum atomic E-state index is -0.955. The highest BCUT2D eigenvalue weighted by atomic mass is 16.3. The molecule has 43 heavy (non-hydrogen) atoms. The first-order valence-corrected chi connectivity index (χ1v) is 15.3. The van der Waals surface area contributed by atoms with Crippen LogP contribution in [0.25, 0.3) is 5.69 Å². The van der Waals surface area contributed by atoms with Crippen LogP contribution < -0.4 is 22.5 Å². The Morgan fingerprint density at radius 2 is 1.72 bits per heavy atom. The molecule has 2 aromatic rings. The van der Waals surface area contributed by atoms with Crippen molar-refractivity contribution in [3.05, 3.63) is 52.6 Å². The molecule has 1 atom stereocenters. The highest BCUT2D eigenvalue weighted by molar-refractivity contribution is 5.89. The number of carbonyl (C=O) groups excluding carboxylic acids is 2. The van der Waals surface area contributed by atoms with Gasteiger partial charge in [-0.2, -0.15) is 4.98 Å². The summed E-state index contributed by atoms with van der Waals surface area (Å²) in [4.78, 5) is 47.8. The third-order valence-corrected chi connectivity index (χ3v) is 9.31. The lowest BCUT2D eigenvalue weighted by Crippen LogP contribution is -2.61. The Hall–Kier alpha value is -3.32. The molecular formula is C31H46N8O4. The van der Waals surface area contributed by atoms with Crippen LogP contribution in [0.15, 0.2) is 41.3 Å². The SMILES string of the molecule is CC(Cc1ccc(-n2ccc(NC(=O)N3CCN(C(=O)C(C)(C)N)CC3)nc2=O)cc1)N(CCO)C1CC2(CC(N)C2)C1. The van der Waals surface area contributed by atoms with Gasteiger partial charge in [0, 0.05) is 57.0 Å². The molecule has 2 saturated carbocycles. The van der Waals surface area contributed by atoms with E-state index < -0.39 is 11.2 Å². The zero-order chi connectivity index (χ0) is 30.9. The Kier molecular flexibility index (Phi) is 8.94. The van der Waals surface area contributed by atoms with Gasteiger partial charge in [0.15, 0.2) is 0 Å². The smallest absolute Gasteiger partial charge is 0.354 e. The van der Waals surface area contributed by atoms with Crippen molar-refractivity contribution in [1.82, 2.24) is 24.3 Å². The van der Waals surface area contributed by atoms with Crippen LogP contribution in [0, 0.1) is 5.41 Å². The predicted molar refractivity (Wildman–Crippen MR) is 165 cm³/mol. The fourth-order valence-electron chi connectivity index (χ4n) is 7.07. The van der Waals surface area contributed by atoms with Crippen LogP contribution in [0.1, 0.15) is 52.0 Å². The highest BCUT2D eigenvalue weighted by Gasteiger charge is 2.53. The first kappa shape index (κ1) is 31.1. The fourth-order valence-corrected chi connectivity index (χ4v) is 7.07. The van der Waals surface area contributed by atoms with E-state index in [1.54, 1.807) is 35.9 Å². The monoisotopic (exact) mass is 594 g/mol. The zero-order valence-corrected chi connectivity index (χ0v) is 25.5. The van der Waals surface area contributed by atoms with Crippen molar-refractivity contribution >= 4 is 17.8 Å². The van der Waals surface area contributed by atoms with Gasteiger partial charge in [0.05, 0.1) is 17.8 Å². The predicted octanol–water partition coefficient (Wildman–Crippen LogP) is 1.14. The number of anilines is 1. The lowest BCUT2D eigenvalue weighted by Gasteiger charge is -2.60. The number of piperazine rings is 1. The van der Waals surface area contributed by atoms with Crippen LogP contribution in [0.2, 0.25) is 0 Å². The van der Waals surface area contributed by atoms with Crippen molar-refractivity contribution in [2.75, 3.05) is 44.6 Å². The number of nitrogens with one attached hydrogen (secondary N) is 1. The van der Waals surface area contributed by atoms with Crippen LogP contribution >= 0.6 is 0 Å². The van der Waals surface area contributed by atoms with Crippen LogP contribution in [-0.4, -0.2) is 104 Å². The van der Waals surface area contributed by atoms with Crippen molar-refractivity contribution < 1.29 is 14.7 Å². The number of rotatable bonds is 9. The first-order chi connectivity index (χ1) is 20.4. The van der Waals surface area contributed by atoms with Crippen molar-refractivity contribution in [2.45, 2.75) is 76.5 Å². The number of benzene rings is 1. The standard InChI is InChI=1S/C31H46N8O4/c1-21(38(14-15-40)25-19-31(20-25)17-23(32)18-31)16-22-4-6-24(7-5-22)39-9-8-26(35-29(39)43)34-28(42)37-12-10-36(11-13-37)27(41)30(2,3)33/h4-9,21,23,25,40H,10-20,32-33H2,1-3H3,(H,34,35,42,43). The number of nitrogens with zero attached hydrogens (tertiary/aromatic N) is 5. The van der Waals surface area contributed by atoms with Gasteiger partial charge < -0.3 is 26.4 Å². The summed E-state index contributed by atoms with van der Waals surface area (Å²) < 4.78 is 1.44. The van der Waals surface area contributed by atoms with Crippen molar-refractivity contribution in [3.63, 3.8) is 0 Å². The molecule has 0 bridgehead atoms. The van der Waals surface area contributed by atoms with E-state index >= 15 is 0 Å². The van der Waals surface area contributed by atoms with E-state index in [4.69, 9.17) is 11.5 Å². The Morgan fingerprint density at radius 1 is 1.09 bits per heavy atom. The van der Waals surface area contributed by atoms with Crippen LogP contribution in [0.5, 0.6) is 0 Å². The number of nitrogens with two attached hydrogens (primary N) is 2. The van der Waals surface area contributed by atoms with Gasteiger partial charge in [-0.1, -0.05) is 12.1 Å². The molecule has 12 nitrogen and oxygen atoms in total. The van der Waals surface area contributed by atoms with E-state index in [9.17, 15) is 19.5 Å². The van der Waals surface area contributed by atoms with Crippen molar-refractivity contribution in [2.24, 2.45) is 16.9 Å². The normalized spacial score (nSPS) is 24.4. The highest BCUT2D eigenvalue weighted by Crippen LogP contribution is 2.56. The fraction of sp³-hybridized carbons (Fsp3) is 0.613. The molecule has 1 unspecified atom stereocenters. The molecule has 2 heterocycles. The molecule has 5 rings (SSSR count). The van der Waals surface area contributed by atoms with Crippen LogP contribution in [0.3, 0.4) is 0 Å². The summed E-state index contributed by atoms with van der Waals surface area (Å²) in [6, 6.07) is 10.2. The van der Waals surface area contributed by atoms with Gasteiger partial charge >= 0.3 is 11.7 Å². The lowest BCUT2D eigenvalue weighted by atomic mass is 9.52. The number of aromatic nitrogens is 2. The molecule has 1 saturated heterocycles. The second kappa shape index (κ2) is 12.4. The molecule has 6 N–H and O–H groups in total. The van der Waals surface area contributed by atoms with E-state index in [0.717, 1.165) is 24.8 Å². The molecule has 1 aromatic heterocycles. The van der Waals surface area contributed by atoms with Crippen LogP contribution in [0.4, 0.5) is 10.6 Å². The van der Waals surface area contributed by atoms with Gasteiger partial charge in [-0.3, -0.25) is 19.6 Å². The summed E-state index contributed by atoms with van der Waals surface area (Å²) >= 11 is 0. The Bertz CT molecular complexity index is 1350. The number of hydrogen-bond acceptors (Lipinski definition) is 8. The molecule has 2 aliphatic carbocycles. The largest absolute Gasteiger partial charge is 0.395 e. The minimum Gasteiger partial charge on any atom is -0.395 e. The number of aliphatic hydroxyl groups excluding tert-OH is 1. The molecule has 3 aliphatic rings. The minimum absolute atomic E-state index is 0.142. The van der Waals surface area contributed by atoms with E-state index in [-0.39, 0.29) is 30.4 Å². The molecule has 234 valence electrons. The molecular weight excluding hydrogens is 548 g/mol. The van der Waals surface area contributed by atoms with E-state index in [0.29, 0.717) is 55.9 Å². The summed E-state index contributed by atoms with van der Waals surface area (Å²) in [6.07, 6.45) is 7.03. The van der Waals surface area contributed by atoms with Gasteiger partial charge in [0.1, 0.15) is 5.82 Å². The second-order valence-corrected chi connectivity index (χ2v) is 13.3. The Balaban J connectivity index is 1.14. The number of carbonyl (C=O) groups is 2. The average molecular weight is 595 g/mol. The van der Waals surface area contributed by atoms with Gasteiger partial charge in [-0.15, -0.1) is 0 Å². The number of hydrogen-bond donors (Lipinski definition) is 4. The van der Waals surface area contributed by atoms with Gasteiger partial charge in [0.25, 0.3) is 0 Å². The lowest BCUT2D eigenvalue weighted by molar-refractivity contribution is -0.137. The van der Waals surface area contributed by atoms with Gasteiger partial charge in [0.2, 0.25) is 5.91 Å². The Morgan fingerprint density at radius 3 is 2.28 bits per heavy atom. The summed E-state index contributed by atoms with van der Waals surface area (Å²) in [7, 11) is 0. The number of amides is 3. The van der Waals surface area contributed by atoms with Gasteiger partial charge in [-0.05, 0) is 82.1 Å². The molecule has 1 aliphatic heterocycles. The summed E-state index contributed by atoms with van der Waals surface area (Å²) in [5, 5.41) is 12.4. The number of urea groups is 1. The average Bonchev–Trinajstić information content (AvgIpc) is 2.93. The Labute approximate surface area is 253 Å². The molecule has 1 spiro atoms. The number of aliphatic hydroxyl groups is 1. The first-order valence-electron chi connectivity index (χ1n) is 15.3. The topological polar surface area (TPSA) is 163 Å². The summed E-state index contributed by atoms with van der Waals surface area (Å²) in [6.45, 7) is 7.88. The van der Waals surface area contributed by atoms with Gasteiger partial charge in [-0.25, -0.2) is 9.59 Å². The zero-order valence-electron chi connectivity index (χ0n) is 25.5. The maximum atomic E-state index is 12.8. The molecule has 3 amide bonds. The molecule has 12 heteroatoms. The third-order valence-electron chi connectivity index (χ3n) is 9.31. The molecule has 0 radical (unpaired) electrons. The molecule has 3 fully saturated rings. The summed E-state index contributed by atoms with van der Waals surface area (Å²) in [5.74, 6) is 0.0225. The van der Waals surface area contributed by atoms with E-state index in [2.05, 4.69) is 22.1 Å². The van der Waals surface area contributed by atoms with Crippen molar-refractivity contribution in [3.8, 4) is 5.69 Å². The maximum Gasteiger partial charge on any atom is 0.354 e. The van der Waals surface area contributed by atoms with Crippen LogP contribution in [-0.2, 0) is 11.2 Å². The third kappa shape index (κ3) is 6.93. The summed E-state index contributed by atoms with van der Waals surface area (Å²) in [5.41, 5.74) is 12.8.